The summed E-state index contributed by atoms with van der Waals surface area (Å²) in [5, 5.41) is 0.388. The molecule has 0 saturated heterocycles. The third kappa shape index (κ3) is 3.17. The van der Waals surface area contributed by atoms with Crippen molar-refractivity contribution in [1.29, 1.82) is 0 Å². The fraction of sp³-hybridized carbons (Fsp3) is 0.167. The van der Waals surface area contributed by atoms with Gasteiger partial charge in [-0.25, -0.2) is 8.42 Å². The molecule has 0 aliphatic heterocycles. The van der Waals surface area contributed by atoms with Crippen LogP contribution < -0.4 is 5.73 Å². The van der Waals surface area contributed by atoms with Gasteiger partial charge in [-0.1, -0.05) is 11.6 Å². The molecule has 108 valence electrons. The van der Waals surface area contributed by atoms with Crippen LogP contribution >= 0.6 is 27.5 Å². The first-order valence-corrected chi connectivity index (χ1v) is 8.17. The molecule has 0 radical (unpaired) electrons. The lowest BCUT2D eigenvalue weighted by Gasteiger charge is -2.17. The Hall–Kier alpha value is -1.02. The third-order valence-corrected chi connectivity index (χ3v) is 5.21. The van der Waals surface area contributed by atoms with E-state index in [1.54, 1.807) is 12.1 Å². The largest absolute Gasteiger partial charge is 0.453 e. The zero-order valence-corrected chi connectivity index (χ0v) is 13.7. The molecule has 0 bridgehead atoms. The van der Waals surface area contributed by atoms with Crippen molar-refractivity contribution < 1.29 is 12.8 Å². The maximum absolute atomic E-state index is 12.4. The molecule has 0 fully saturated rings. The van der Waals surface area contributed by atoms with Crippen LogP contribution in [-0.4, -0.2) is 19.8 Å². The maximum atomic E-state index is 12.4. The van der Waals surface area contributed by atoms with Gasteiger partial charge in [0.2, 0.25) is 10.0 Å². The molecule has 5 nitrogen and oxygen atoms in total. The Morgan fingerprint density at radius 1 is 1.35 bits per heavy atom. The molecule has 8 heteroatoms. The molecule has 1 aromatic carbocycles. The van der Waals surface area contributed by atoms with Gasteiger partial charge in [0.15, 0.2) is 4.67 Å². The summed E-state index contributed by atoms with van der Waals surface area (Å²) in [4.78, 5) is 0.0232. The fourth-order valence-electron chi connectivity index (χ4n) is 1.66. The molecule has 0 aliphatic carbocycles. The minimum Gasteiger partial charge on any atom is -0.453 e. The van der Waals surface area contributed by atoms with Gasteiger partial charge >= 0.3 is 0 Å². The van der Waals surface area contributed by atoms with Crippen molar-refractivity contribution in [3.63, 3.8) is 0 Å². The van der Waals surface area contributed by atoms with Gasteiger partial charge in [-0.3, -0.25) is 0 Å². The van der Waals surface area contributed by atoms with E-state index in [0.717, 1.165) is 4.31 Å². The van der Waals surface area contributed by atoms with E-state index < -0.39 is 10.0 Å². The molecule has 20 heavy (non-hydrogen) atoms. The van der Waals surface area contributed by atoms with Crippen molar-refractivity contribution in [1.82, 2.24) is 4.31 Å². The summed E-state index contributed by atoms with van der Waals surface area (Å²) in [6, 6.07) is 7.68. The molecule has 0 spiro atoms. The van der Waals surface area contributed by atoms with Crippen molar-refractivity contribution >= 4 is 43.2 Å². The van der Waals surface area contributed by atoms with Crippen LogP contribution in [0.4, 0.5) is 5.69 Å². The van der Waals surface area contributed by atoms with Crippen LogP contribution in [0, 0.1) is 0 Å². The molecular weight excluding hydrogens is 368 g/mol. The van der Waals surface area contributed by atoms with E-state index in [9.17, 15) is 8.42 Å². The van der Waals surface area contributed by atoms with Crippen molar-refractivity contribution in [2.45, 2.75) is 11.4 Å². The summed E-state index contributed by atoms with van der Waals surface area (Å²) in [6.07, 6.45) is 0. The first kappa shape index (κ1) is 15.4. The molecule has 0 aliphatic rings. The Morgan fingerprint density at radius 3 is 2.60 bits per heavy atom. The molecule has 1 heterocycles. The van der Waals surface area contributed by atoms with Crippen LogP contribution in [0.3, 0.4) is 0 Å². The number of furan rings is 1. The van der Waals surface area contributed by atoms with Crippen LogP contribution in [0.25, 0.3) is 0 Å². The average Bonchev–Trinajstić information content (AvgIpc) is 2.74. The lowest BCUT2D eigenvalue weighted by molar-refractivity contribution is 0.399. The number of anilines is 1. The second-order valence-corrected chi connectivity index (χ2v) is 7.38. The highest BCUT2D eigenvalue weighted by Gasteiger charge is 2.24. The smallest absolute Gasteiger partial charge is 0.245 e. The number of hydrogen-bond donors (Lipinski definition) is 1. The van der Waals surface area contributed by atoms with Crippen LogP contribution in [0.1, 0.15) is 5.76 Å². The topological polar surface area (TPSA) is 76.5 Å². The summed E-state index contributed by atoms with van der Waals surface area (Å²) in [5.41, 5.74) is 5.84. The molecule has 0 unspecified atom stereocenters. The van der Waals surface area contributed by atoms with E-state index in [1.165, 1.54) is 25.2 Å². The zero-order chi connectivity index (χ0) is 14.9. The molecule has 0 amide bonds. The molecular formula is C12H12BrClN2O3S. The summed E-state index contributed by atoms with van der Waals surface area (Å²) in [6.45, 7) is 0.107. The van der Waals surface area contributed by atoms with E-state index >= 15 is 0 Å². The van der Waals surface area contributed by atoms with Gasteiger partial charge in [0.05, 0.1) is 12.2 Å². The Balaban J connectivity index is 2.29. The minimum atomic E-state index is -3.70. The minimum absolute atomic E-state index is 0.0232. The zero-order valence-electron chi connectivity index (χ0n) is 10.5. The van der Waals surface area contributed by atoms with E-state index in [1.807, 2.05) is 0 Å². The monoisotopic (exact) mass is 378 g/mol. The van der Waals surface area contributed by atoms with Gasteiger partial charge < -0.3 is 10.2 Å². The summed E-state index contributed by atoms with van der Waals surface area (Å²) in [7, 11) is -2.24. The summed E-state index contributed by atoms with van der Waals surface area (Å²) >= 11 is 8.94. The normalized spacial score (nSPS) is 12.0. The van der Waals surface area contributed by atoms with Crippen molar-refractivity contribution in [2.24, 2.45) is 0 Å². The van der Waals surface area contributed by atoms with Crippen LogP contribution in [-0.2, 0) is 16.6 Å². The first-order chi connectivity index (χ1) is 9.30. The Kier molecular flexibility index (Phi) is 4.43. The van der Waals surface area contributed by atoms with Gasteiger partial charge in [0, 0.05) is 12.1 Å². The predicted molar refractivity (Wildman–Crippen MR) is 80.9 cm³/mol. The highest BCUT2D eigenvalue weighted by atomic mass is 79.9. The SMILES string of the molecule is CN(Cc1ccc(Br)o1)S(=O)(=O)c1ccc(Cl)cc1N. The molecule has 0 atom stereocenters. The van der Waals surface area contributed by atoms with Crippen LogP contribution in [0.15, 0.2) is 44.3 Å². The lowest BCUT2D eigenvalue weighted by Crippen LogP contribution is -2.27. The van der Waals surface area contributed by atoms with E-state index in [-0.39, 0.29) is 17.1 Å². The van der Waals surface area contributed by atoms with Gasteiger partial charge in [0.25, 0.3) is 0 Å². The quantitative estimate of drug-likeness (QED) is 0.828. The molecule has 2 aromatic rings. The number of sulfonamides is 1. The highest BCUT2D eigenvalue weighted by molar-refractivity contribution is 9.10. The average molecular weight is 380 g/mol. The van der Waals surface area contributed by atoms with Crippen LogP contribution in [0.2, 0.25) is 5.02 Å². The Morgan fingerprint density at radius 2 is 2.05 bits per heavy atom. The number of benzene rings is 1. The number of halogens is 2. The summed E-state index contributed by atoms with van der Waals surface area (Å²) < 4.78 is 31.9. The Labute approximate surface area is 130 Å². The van der Waals surface area contributed by atoms with Gasteiger partial charge in [-0.15, -0.1) is 0 Å². The standard InChI is InChI=1S/C12H12BrClN2O3S/c1-16(7-9-3-5-12(13)19-9)20(17,18)11-4-2-8(14)6-10(11)15/h2-6H,7,15H2,1H3. The van der Waals surface area contributed by atoms with Crippen LogP contribution in [0.5, 0.6) is 0 Å². The second-order valence-electron chi connectivity index (χ2n) is 4.15. The Bertz CT molecular complexity index is 730. The molecule has 0 saturated carbocycles. The third-order valence-electron chi connectivity index (χ3n) is 2.67. The molecule has 2 N–H and O–H groups in total. The number of nitrogen functional groups attached to an aromatic ring is 1. The number of nitrogens with two attached hydrogens (primary N) is 1. The summed E-state index contributed by atoms with van der Waals surface area (Å²) in [5.74, 6) is 0.524. The van der Waals surface area contributed by atoms with Crippen molar-refractivity contribution in [2.75, 3.05) is 12.8 Å². The molecule has 2 rings (SSSR count). The van der Waals surface area contributed by atoms with E-state index in [2.05, 4.69) is 15.9 Å². The van der Waals surface area contributed by atoms with E-state index in [4.69, 9.17) is 21.8 Å². The van der Waals surface area contributed by atoms with Crippen molar-refractivity contribution in [3.8, 4) is 0 Å². The maximum Gasteiger partial charge on any atom is 0.245 e. The number of rotatable bonds is 4. The lowest BCUT2D eigenvalue weighted by atomic mass is 10.3. The van der Waals surface area contributed by atoms with Gasteiger partial charge in [-0.2, -0.15) is 4.31 Å². The van der Waals surface area contributed by atoms with E-state index in [0.29, 0.717) is 15.5 Å². The molecule has 1 aromatic heterocycles. The first-order valence-electron chi connectivity index (χ1n) is 5.56. The second kappa shape index (κ2) is 5.77. The van der Waals surface area contributed by atoms with Crippen molar-refractivity contribution in [3.05, 3.63) is 45.8 Å². The fourth-order valence-corrected chi connectivity index (χ4v) is 3.41. The number of nitrogens with zero attached hydrogens (tertiary/aromatic N) is 1. The van der Waals surface area contributed by atoms with Gasteiger partial charge in [0.1, 0.15) is 10.7 Å². The van der Waals surface area contributed by atoms with Gasteiger partial charge in [-0.05, 0) is 46.3 Å². The predicted octanol–water partition coefficient (Wildman–Crippen LogP) is 3.10. The highest BCUT2D eigenvalue weighted by Crippen LogP contribution is 2.26. The number of hydrogen-bond acceptors (Lipinski definition) is 4.